The van der Waals surface area contributed by atoms with Crippen molar-refractivity contribution in [2.75, 3.05) is 11.9 Å². The van der Waals surface area contributed by atoms with Gasteiger partial charge in [0.05, 0.1) is 11.8 Å². The van der Waals surface area contributed by atoms with Crippen LogP contribution in [-0.2, 0) is 23.9 Å². The minimum atomic E-state index is -1.08. The van der Waals surface area contributed by atoms with E-state index in [9.17, 15) is 19.2 Å². The zero-order valence-electron chi connectivity index (χ0n) is 15.9. The third kappa shape index (κ3) is 3.58. The topological polar surface area (TPSA) is 92.8 Å². The van der Waals surface area contributed by atoms with E-state index in [0.717, 1.165) is 11.3 Å². The van der Waals surface area contributed by atoms with E-state index in [2.05, 4.69) is 37.2 Å². The Balaban J connectivity index is 1.36. The number of carbonyl (C=O) groups is 4. The predicted molar refractivity (Wildman–Crippen MR) is 116 cm³/mol. The van der Waals surface area contributed by atoms with Crippen molar-refractivity contribution in [3.63, 3.8) is 0 Å². The summed E-state index contributed by atoms with van der Waals surface area (Å²) in [6, 6.07) is 5.39. The van der Waals surface area contributed by atoms with Gasteiger partial charge in [0, 0.05) is 20.4 Å². The Morgan fingerprint density at radius 3 is 2.20 bits per heavy atom. The van der Waals surface area contributed by atoms with Crippen LogP contribution in [0.5, 0.6) is 0 Å². The Kier molecular flexibility index (Phi) is 5.98. The number of nitrogens with zero attached hydrogens (tertiary/aromatic N) is 1. The van der Waals surface area contributed by atoms with Crippen molar-refractivity contribution in [3.05, 3.63) is 29.3 Å². The van der Waals surface area contributed by atoms with E-state index in [-0.39, 0.29) is 33.3 Å². The van der Waals surface area contributed by atoms with Crippen LogP contribution in [0.15, 0.2) is 24.3 Å². The number of halogens is 3. The van der Waals surface area contributed by atoms with Crippen LogP contribution < -0.4 is 5.32 Å². The number of carbonyl (C=O) groups excluding carboxylic acids is 4. The molecule has 3 amide bonds. The van der Waals surface area contributed by atoms with Gasteiger partial charge in [-0.2, -0.15) is 0 Å². The molecular weight excluding hydrogens is 543 g/mol. The highest BCUT2D eigenvalue weighted by atomic mass is 79.9. The first-order valence-electron chi connectivity index (χ1n) is 9.57. The molecule has 1 aromatic rings. The van der Waals surface area contributed by atoms with E-state index >= 15 is 0 Å². The molecule has 3 aliphatic rings. The third-order valence-corrected chi connectivity index (χ3v) is 9.68. The summed E-state index contributed by atoms with van der Waals surface area (Å²) in [7, 11) is 0. The Morgan fingerprint density at radius 1 is 1.13 bits per heavy atom. The molecule has 0 aromatic heterocycles. The van der Waals surface area contributed by atoms with Gasteiger partial charge in [0.2, 0.25) is 11.8 Å². The van der Waals surface area contributed by atoms with E-state index < -0.39 is 36.4 Å². The molecule has 10 heteroatoms. The highest BCUT2D eigenvalue weighted by Gasteiger charge is 2.67. The van der Waals surface area contributed by atoms with Crippen LogP contribution in [0.25, 0.3) is 0 Å². The van der Waals surface area contributed by atoms with Gasteiger partial charge in [0.25, 0.3) is 5.91 Å². The number of rotatable bonds is 5. The first kappa shape index (κ1) is 21.8. The van der Waals surface area contributed by atoms with E-state index in [4.69, 9.17) is 16.3 Å². The molecule has 0 radical (unpaired) electrons. The number of fused-ring (bicyclic) bond motifs is 5. The predicted octanol–water partition coefficient (Wildman–Crippen LogP) is 2.99. The van der Waals surface area contributed by atoms with Crippen LogP contribution in [-0.4, -0.2) is 50.9 Å². The van der Waals surface area contributed by atoms with Crippen molar-refractivity contribution < 1.29 is 23.9 Å². The molecule has 7 nitrogen and oxygen atoms in total. The van der Waals surface area contributed by atoms with Crippen molar-refractivity contribution in [3.8, 4) is 0 Å². The molecule has 1 saturated heterocycles. The van der Waals surface area contributed by atoms with E-state index in [1.54, 1.807) is 24.3 Å². The largest absolute Gasteiger partial charge is 0.454 e. The molecule has 2 aliphatic carbocycles. The Morgan fingerprint density at radius 2 is 1.67 bits per heavy atom. The van der Waals surface area contributed by atoms with Gasteiger partial charge in [-0.3, -0.25) is 19.3 Å². The van der Waals surface area contributed by atoms with Gasteiger partial charge in [0.1, 0.15) is 6.04 Å². The van der Waals surface area contributed by atoms with Gasteiger partial charge < -0.3 is 10.1 Å². The maximum absolute atomic E-state index is 13.0. The fourth-order valence-electron chi connectivity index (χ4n) is 4.85. The summed E-state index contributed by atoms with van der Waals surface area (Å²) >= 11 is 13.1. The number of nitrogens with one attached hydrogen (secondary N) is 1. The van der Waals surface area contributed by atoms with Gasteiger partial charge in [-0.1, -0.05) is 43.5 Å². The highest BCUT2D eigenvalue weighted by molar-refractivity contribution is 9.12. The number of benzene rings is 1. The first-order chi connectivity index (χ1) is 14.2. The number of imide groups is 1. The molecule has 4 rings (SSSR count). The van der Waals surface area contributed by atoms with Crippen LogP contribution in [0, 0.1) is 23.7 Å². The summed E-state index contributed by atoms with van der Waals surface area (Å²) in [5.41, 5.74) is 0.510. The number of likely N-dealkylation sites (tertiary alicyclic amines) is 1. The minimum Gasteiger partial charge on any atom is -0.454 e. The SMILES string of the molecule is C[C@H](C(=O)OCC(=O)Nc1ccc(Cl)cc1)N1C(=O)[C@@H]2[C@H]3C[C@@H]([C@H](Br)[C@H]3Br)[C@H]2C1=O. The fourth-order valence-corrected chi connectivity index (χ4v) is 6.85. The highest BCUT2D eigenvalue weighted by Crippen LogP contribution is 2.60. The van der Waals surface area contributed by atoms with Gasteiger partial charge in [0.15, 0.2) is 6.61 Å². The maximum atomic E-state index is 13.0. The van der Waals surface area contributed by atoms with E-state index in [1.165, 1.54) is 6.92 Å². The van der Waals surface area contributed by atoms with Crippen LogP contribution in [0.4, 0.5) is 5.69 Å². The molecule has 1 heterocycles. The summed E-state index contributed by atoms with van der Waals surface area (Å²) in [5.74, 6) is -2.63. The molecule has 160 valence electrons. The summed E-state index contributed by atoms with van der Waals surface area (Å²) in [4.78, 5) is 51.7. The van der Waals surface area contributed by atoms with E-state index in [0.29, 0.717) is 10.7 Å². The molecule has 2 bridgehead atoms. The average Bonchev–Trinajstić information content (AvgIpc) is 3.32. The standard InChI is InChI=1S/C20H19Br2ClN2O5/c1-8(20(29)30-7-13(26)24-10-4-2-9(23)3-5-10)25-18(27)14-11-6-12(15(14)19(25)28)17(22)16(11)21/h2-5,8,11-12,14-17H,6-7H2,1H3,(H,24,26)/t8-,11-,12-,14-,15-,16+,17+/m1/s1. The lowest BCUT2D eigenvalue weighted by Gasteiger charge is -2.28. The monoisotopic (exact) mass is 560 g/mol. The van der Waals surface area contributed by atoms with Crippen LogP contribution >= 0.6 is 43.5 Å². The molecule has 7 atom stereocenters. The molecule has 30 heavy (non-hydrogen) atoms. The Bertz CT molecular complexity index is 879. The summed E-state index contributed by atoms with van der Waals surface area (Å²) in [5, 5.41) is 3.11. The number of alkyl halides is 2. The molecule has 1 aromatic carbocycles. The average molecular weight is 563 g/mol. The second-order valence-corrected chi connectivity index (χ2v) is 10.4. The molecule has 1 aliphatic heterocycles. The second kappa shape index (κ2) is 8.24. The summed E-state index contributed by atoms with van der Waals surface area (Å²) in [6.45, 7) is 0.933. The van der Waals surface area contributed by atoms with Crippen LogP contribution in [0.3, 0.4) is 0 Å². The van der Waals surface area contributed by atoms with Crippen LogP contribution in [0.2, 0.25) is 5.02 Å². The minimum absolute atomic E-state index is 0.0687. The Labute approximate surface area is 195 Å². The number of esters is 1. The number of hydrogen-bond acceptors (Lipinski definition) is 5. The first-order valence-corrected chi connectivity index (χ1v) is 11.8. The van der Waals surface area contributed by atoms with Crippen molar-refractivity contribution in [1.82, 2.24) is 4.90 Å². The van der Waals surface area contributed by atoms with E-state index in [1.807, 2.05) is 0 Å². The lowest BCUT2D eigenvalue weighted by atomic mass is 9.81. The lowest BCUT2D eigenvalue weighted by molar-refractivity contribution is -0.159. The quantitative estimate of drug-likeness (QED) is 0.339. The lowest BCUT2D eigenvalue weighted by Crippen LogP contribution is -2.45. The normalized spacial score (nSPS) is 32.9. The van der Waals surface area contributed by atoms with Gasteiger partial charge in [-0.05, 0) is 49.4 Å². The molecule has 1 N–H and O–H groups in total. The second-order valence-electron chi connectivity index (χ2n) is 7.89. The number of ether oxygens (including phenoxy) is 1. The fraction of sp³-hybridized carbons (Fsp3) is 0.500. The van der Waals surface area contributed by atoms with Crippen LogP contribution in [0.1, 0.15) is 13.3 Å². The summed E-state index contributed by atoms with van der Waals surface area (Å²) < 4.78 is 5.06. The molecular formula is C20H19Br2ClN2O5. The number of anilines is 1. The molecule has 3 fully saturated rings. The maximum Gasteiger partial charge on any atom is 0.329 e. The molecule has 2 saturated carbocycles. The summed E-state index contributed by atoms with van der Waals surface area (Å²) in [6.07, 6.45) is 0.816. The van der Waals surface area contributed by atoms with Crippen molar-refractivity contribution in [2.24, 2.45) is 23.7 Å². The van der Waals surface area contributed by atoms with Gasteiger partial charge in [-0.25, -0.2) is 4.79 Å². The molecule has 0 spiro atoms. The van der Waals surface area contributed by atoms with Crippen molar-refractivity contribution >= 4 is 72.8 Å². The smallest absolute Gasteiger partial charge is 0.329 e. The molecule has 0 unspecified atom stereocenters. The number of amides is 3. The number of hydrogen-bond donors (Lipinski definition) is 1. The zero-order valence-corrected chi connectivity index (χ0v) is 19.8. The Hall–Kier alpha value is -1.45. The zero-order chi connectivity index (χ0) is 21.7. The van der Waals surface area contributed by atoms with Crippen molar-refractivity contribution in [1.29, 1.82) is 0 Å². The van der Waals surface area contributed by atoms with Gasteiger partial charge in [-0.15, -0.1) is 0 Å². The van der Waals surface area contributed by atoms with Crippen molar-refractivity contribution in [2.45, 2.75) is 29.0 Å². The van der Waals surface area contributed by atoms with Gasteiger partial charge >= 0.3 is 5.97 Å². The third-order valence-electron chi connectivity index (χ3n) is 6.22.